The molecule has 0 aliphatic rings. The lowest BCUT2D eigenvalue weighted by molar-refractivity contribution is -0.121. The van der Waals surface area contributed by atoms with E-state index in [4.69, 9.17) is 0 Å². The highest BCUT2D eigenvalue weighted by Crippen LogP contribution is 2.09. The Morgan fingerprint density at radius 2 is 2.33 bits per heavy atom. The zero-order chi connectivity index (χ0) is 11.3. The van der Waals surface area contributed by atoms with Gasteiger partial charge in [-0.05, 0) is 24.3 Å². The molecule has 0 fully saturated rings. The zero-order valence-corrected chi connectivity index (χ0v) is 10.1. The minimum Gasteiger partial charge on any atom is -0.273 e. The van der Waals surface area contributed by atoms with Gasteiger partial charge in [-0.25, -0.2) is 5.43 Å². The molecule has 0 spiro atoms. The smallest absolute Gasteiger partial charge is 0.240 e. The van der Waals surface area contributed by atoms with Gasteiger partial charge in [0, 0.05) is 11.3 Å². The molecule has 0 radical (unpaired) electrons. The van der Waals surface area contributed by atoms with E-state index < -0.39 is 0 Å². The Kier molecular flexibility index (Phi) is 4.49. The molecule has 1 aromatic heterocycles. The van der Waals surface area contributed by atoms with Crippen molar-refractivity contribution in [3.63, 3.8) is 0 Å². The first kappa shape index (κ1) is 11.9. The predicted octanol–water partition coefficient (Wildman–Crippen LogP) is 2.63. The third-order valence-electron chi connectivity index (χ3n) is 1.82. The first-order valence-electron chi connectivity index (χ1n) is 4.96. The quantitative estimate of drug-likeness (QED) is 0.620. The van der Waals surface area contributed by atoms with Crippen LogP contribution in [0.2, 0.25) is 0 Å². The van der Waals surface area contributed by atoms with Gasteiger partial charge in [0.1, 0.15) is 0 Å². The number of nitrogens with one attached hydrogen (secondary N) is 1. The van der Waals surface area contributed by atoms with E-state index in [0.29, 0.717) is 12.3 Å². The number of hydrogen-bond donors (Lipinski definition) is 1. The van der Waals surface area contributed by atoms with Crippen LogP contribution < -0.4 is 5.43 Å². The fourth-order valence-electron chi connectivity index (χ4n) is 1.10. The molecule has 0 bridgehead atoms. The minimum atomic E-state index is -0.0269. The third kappa shape index (κ3) is 4.25. The highest BCUT2D eigenvalue weighted by molar-refractivity contribution is 7.12. The molecular weight excluding hydrogens is 208 g/mol. The van der Waals surface area contributed by atoms with Crippen LogP contribution in [0.5, 0.6) is 0 Å². The Morgan fingerprint density at radius 3 is 2.87 bits per heavy atom. The third-order valence-corrected chi connectivity index (χ3v) is 2.80. The van der Waals surface area contributed by atoms with E-state index in [1.807, 2.05) is 38.3 Å². The molecule has 0 unspecified atom stereocenters. The van der Waals surface area contributed by atoms with Gasteiger partial charge in [-0.15, -0.1) is 11.3 Å². The Hall–Kier alpha value is -1.16. The summed E-state index contributed by atoms with van der Waals surface area (Å²) in [5.74, 6) is 0.336. The summed E-state index contributed by atoms with van der Waals surface area (Å²) >= 11 is 1.61. The van der Waals surface area contributed by atoms with Gasteiger partial charge in [-0.3, -0.25) is 4.79 Å². The number of rotatable bonds is 4. The second-order valence-corrected chi connectivity index (χ2v) is 4.76. The maximum atomic E-state index is 11.3. The average molecular weight is 224 g/mol. The number of carbonyl (C=O) groups excluding carboxylic acids is 1. The van der Waals surface area contributed by atoms with Crippen molar-refractivity contribution in [1.82, 2.24) is 5.43 Å². The summed E-state index contributed by atoms with van der Waals surface area (Å²) in [4.78, 5) is 12.4. The Balaban J connectivity index is 2.48. The van der Waals surface area contributed by atoms with E-state index in [0.717, 1.165) is 10.6 Å². The number of carbonyl (C=O) groups is 1. The molecule has 15 heavy (non-hydrogen) atoms. The van der Waals surface area contributed by atoms with Crippen LogP contribution in [0.15, 0.2) is 22.6 Å². The summed E-state index contributed by atoms with van der Waals surface area (Å²) in [7, 11) is 0. The monoisotopic (exact) mass is 224 g/mol. The SMILES string of the molecule is CC(=NNC(=O)CC(C)C)c1cccs1. The summed E-state index contributed by atoms with van der Waals surface area (Å²) in [6.45, 7) is 5.91. The Bertz CT molecular complexity index is 341. The van der Waals surface area contributed by atoms with E-state index in [1.54, 1.807) is 11.3 Å². The largest absolute Gasteiger partial charge is 0.273 e. The van der Waals surface area contributed by atoms with Crippen LogP contribution in [0.1, 0.15) is 32.1 Å². The molecule has 4 heteroatoms. The maximum Gasteiger partial charge on any atom is 0.240 e. The highest BCUT2D eigenvalue weighted by Gasteiger charge is 2.04. The molecule has 0 saturated carbocycles. The maximum absolute atomic E-state index is 11.3. The van der Waals surface area contributed by atoms with Crippen LogP contribution in [0, 0.1) is 5.92 Å². The van der Waals surface area contributed by atoms with Crippen molar-refractivity contribution in [2.24, 2.45) is 11.0 Å². The minimum absolute atomic E-state index is 0.0269. The molecule has 3 nitrogen and oxygen atoms in total. The normalized spacial score (nSPS) is 11.9. The number of hydrogen-bond acceptors (Lipinski definition) is 3. The van der Waals surface area contributed by atoms with Gasteiger partial charge in [0.2, 0.25) is 5.91 Å². The molecule has 0 aliphatic carbocycles. The molecule has 1 aromatic rings. The van der Waals surface area contributed by atoms with E-state index >= 15 is 0 Å². The molecule has 1 amide bonds. The number of hydrazone groups is 1. The zero-order valence-electron chi connectivity index (χ0n) is 9.28. The van der Waals surface area contributed by atoms with Crippen molar-refractivity contribution in [2.45, 2.75) is 27.2 Å². The molecule has 1 N–H and O–H groups in total. The Labute approximate surface area is 94.2 Å². The summed E-state index contributed by atoms with van der Waals surface area (Å²) in [6.07, 6.45) is 0.515. The molecule has 1 heterocycles. The summed E-state index contributed by atoms with van der Waals surface area (Å²) in [5, 5.41) is 6.04. The van der Waals surface area contributed by atoms with E-state index in [-0.39, 0.29) is 5.91 Å². The molecule has 0 aliphatic heterocycles. The van der Waals surface area contributed by atoms with Gasteiger partial charge in [0.05, 0.1) is 5.71 Å². The van der Waals surface area contributed by atoms with Crippen molar-refractivity contribution in [3.8, 4) is 0 Å². The number of thiophene rings is 1. The molecule has 82 valence electrons. The van der Waals surface area contributed by atoms with Crippen molar-refractivity contribution in [3.05, 3.63) is 22.4 Å². The lowest BCUT2D eigenvalue weighted by Gasteiger charge is -2.03. The fraction of sp³-hybridized carbons (Fsp3) is 0.455. The lowest BCUT2D eigenvalue weighted by atomic mass is 10.1. The fourth-order valence-corrected chi connectivity index (χ4v) is 1.78. The van der Waals surface area contributed by atoms with Crippen molar-refractivity contribution in [1.29, 1.82) is 0 Å². The topological polar surface area (TPSA) is 41.5 Å². The van der Waals surface area contributed by atoms with Crippen LogP contribution in [-0.2, 0) is 4.79 Å². The summed E-state index contributed by atoms with van der Waals surface area (Å²) in [6, 6.07) is 3.95. The van der Waals surface area contributed by atoms with Gasteiger partial charge in [0.25, 0.3) is 0 Å². The first-order chi connectivity index (χ1) is 7.09. The molecule has 0 atom stereocenters. The van der Waals surface area contributed by atoms with Crippen molar-refractivity contribution in [2.75, 3.05) is 0 Å². The first-order valence-corrected chi connectivity index (χ1v) is 5.84. The number of amides is 1. The van der Waals surface area contributed by atoms with Gasteiger partial charge in [-0.1, -0.05) is 19.9 Å². The van der Waals surface area contributed by atoms with E-state index in [9.17, 15) is 4.79 Å². The molecule has 0 saturated heterocycles. The molecule has 1 rings (SSSR count). The predicted molar refractivity (Wildman–Crippen MR) is 64.1 cm³/mol. The summed E-state index contributed by atoms with van der Waals surface area (Å²) < 4.78 is 0. The van der Waals surface area contributed by atoms with Gasteiger partial charge in [-0.2, -0.15) is 5.10 Å². The van der Waals surface area contributed by atoms with Crippen molar-refractivity contribution >= 4 is 23.0 Å². The average Bonchev–Trinajstić information content (AvgIpc) is 2.65. The van der Waals surface area contributed by atoms with Crippen LogP contribution in [0.4, 0.5) is 0 Å². The molecule has 0 aromatic carbocycles. The van der Waals surface area contributed by atoms with E-state index in [1.165, 1.54) is 0 Å². The highest BCUT2D eigenvalue weighted by atomic mass is 32.1. The van der Waals surface area contributed by atoms with Gasteiger partial charge < -0.3 is 0 Å². The standard InChI is InChI=1S/C11H16N2OS/c1-8(2)7-11(14)13-12-9(3)10-5-4-6-15-10/h4-6,8H,7H2,1-3H3,(H,13,14). The van der Waals surface area contributed by atoms with Gasteiger partial charge >= 0.3 is 0 Å². The summed E-state index contributed by atoms with van der Waals surface area (Å²) in [5.41, 5.74) is 3.41. The van der Waals surface area contributed by atoms with Gasteiger partial charge in [0.15, 0.2) is 0 Å². The number of nitrogens with zero attached hydrogens (tertiary/aromatic N) is 1. The van der Waals surface area contributed by atoms with Crippen LogP contribution in [0.25, 0.3) is 0 Å². The van der Waals surface area contributed by atoms with Crippen LogP contribution >= 0.6 is 11.3 Å². The van der Waals surface area contributed by atoms with Crippen LogP contribution in [0.3, 0.4) is 0 Å². The second-order valence-electron chi connectivity index (χ2n) is 3.81. The Morgan fingerprint density at radius 1 is 1.60 bits per heavy atom. The van der Waals surface area contributed by atoms with Crippen LogP contribution in [-0.4, -0.2) is 11.6 Å². The second kappa shape index (κ2) is 5.66. The van der Waals surface area contributed by atoms with E-state index in [2.05, 4.69) is 10.5 Å². The lowest BCUT2D eigenvalue weighted by Crippen LogP contribution is -2.20. The molecular formula is C11H16N2OS. The van der Waals surface area contributed by atoms with Crippen molar-refractivity contribution < 1.29 is 4.79 Å².